The molecule has 0 N–H and O–H groups in total. The summed E-state index contributed by atoms with van der Waals surface area (Å²) >= 11 is 0. The molecule has 1 heterocycles. The summed E-state index contributed by atoms with van der Waals surface area (Å²) in [6.07, 6.45) is 3.81. The Labute approximate surface area is 165 Å². The van der Waals surface area contributed by atoms with E-state index in [4.69, 9.17) is 14.5 Å². The average molecular weight is 372 g/mol. The first kappa shape index (κ1) is 17.6. The Bertz CT molecular complexity index is 984. The third-order valence-electron chi connectivity index (χ3n) is 5.92. The van der Waals surface area contributed by atoms with Crippen molar-refractivity contribution in [1.82, 2.24) is 0 Å². The minimum atomic E-state index is -0.519. The molecule has 1 saturated heterocycles. The molecule has 1 saturated carbocycles. The number of ether oxygens (including phenoxy) is 1. The van der Waals surface area contributed by atoms with Gasteiger partial charge in [-0.25, -0.2) is 9.78 Å². The fourth-order valence-electron chi connectivity index (χ4n) is 4.25. The van der Waals surface area contributed by atoms with Gasteiger partial charge in [0.05, 0.1) is 6.61 Å². The Kier molecular flexibility index (Phi) is 4.52. The highest BCUT2D eigenvalue weighted by Crippen LogP contribution is 2.39. The fourth-order valence-corrected chi connectivity index (χ4v) is 4.25. The molecule has 1 atom stereocenters. The van der Waals surface area contributed by atoms with Crippen LogP contribution in [0, 0.1) is 0 Å². The fraction of sp³-hybridized carbons (Fsp3) is 0.280. The van der Waals surface area contributed by atoms with Gasteiger partial charge in [0.1, 0.15) is 6.10 Å². The standard InChI is InChI=1S/C25H24O3/c1-18(24-17-26-25(28-27-24)15-4-5-16-25)19-11-13-21(14-12-19)23-10-6-8-20-7-2-3-9-22(20)23/h2-3,6-14,24H,1,4-5,15-17H2. The SMILES string of the molecule is C=C(c1ccc(-c2cccc3ccccc23)cc1)C1COC2(CCCC2)OO1. The van der Waals surface area contributed by atoms with Gasteiger partial charge in [0.25, 0.3) is 0 Å². The van der Waals surface area contributed by atoms with E-state index in [1.807, 2.05) is 0 Å². The zero-order valence-corrected chi connectivity index (χ0v) is 15.9. The molecule has 1 spiro atoms. The van der Waals surface area contributed by atoms with Gasteiger partial charge in [-0.2, -0.15) is 0 Å². The van der Waals surface area contributed by atoms with E-state index in [-0.39, 0.29) is 6.10 Å². The summed E-state index contributed by atoms with van der Waals surface area (Å²) in [5.74, 6) is -0.519. The zero-order valence-electron chi connectivity index (χ0n) is 15.9. The second kappa shape index (κ2) is 7.17. The van der Waals surface area contributed by atoms with E-state index in [1.165, 1.54) is 21.9 Å². The maximum Gasteiger partial charge on any atom is 0.201 e. The maximum absolute atomic E-state index is 6.01. The van der Waals surface area contributed by atoms with Gasteiger partial charge < -0.3 is 4.74 Å². The van der Waals surface area contributed by atoms with Gasteiger partial charge in [-0.1, -0.05) is 73.3 Å². The highest BCUT2D eigenvalue weighted by Gasteiger charge is 2.42. The van der Waals surface area contributed by atoms with Crippen LogP contribution in [0.25, 0.3) is 27.5 Å². The predicted molar refractivity (Wildman–Crippen MR) is 112 cm³/mol. The van der Waals surface area contributed by atoms with Crippen molar-refractivity contribution in [2.45, 2.75) is 37.6 Å². The normalized spacial score (nSPS) is 21.2. The van der Waals surface area contributed by atoms with Crippen LogP contribution in [0.2, 0.25) is 0 Å². The van der Waals surface area contributed by atoms with Gasteiger partial charge >= 0.3 is 0 Å². The molecule has 2 fully saturated rings. The Morgan fingerprint density at radius 3 is 2.39 bits per heavy atom. The predicted octanol–water partition coefficient (Wildman–Crippen LogP) is 6.14. The van der Waals surface area contributed by atoms with Crippen molar-refractivity contribution >= 4 is 16.3 Å². The molecule has 28 heavy (non-hydrogen) atoms. The molecule has 1 unspecified atom stereocenters. The van der Waals surface area contributed by atoms with Crippen LogP contribution >= 0.6 is 0 Å². The van der Waals surface area contributed by atoms with Gasteiger partial charge in [-0.15, -0.1) is 0 Å². The van der Waals surface area contributed by atoms with Gasteiger partial charge in [0.15, 0.2) is 0 Å². The summed E-state index contributed by atoms with van der Waals surface area (Å²) in [5, 5.41) is 2.51. The first-order valence-electron chi connectivity index (χ1n) is 10.00. The van der Waals surface area contributed by atoms with Crippen molar-refractivity contribution in [2.24, 2.45) is 0 Å². The summed E-state index contributed by atoms with van der Waals surface area (Å²) in [5.41, 5.74) is 4.36. The van der Waals surface area contributed by atoms with Gasteiger partial charge in [0.2, 0.25) is 5.79 Å². The molecular weight excluding hydrogens is 348 g/mol. The number of hydrogen-bond acceptors (Lipinski definition) is 3. The second-order valence-corrected chi connectivity index (χ2v) is 7.73. The third kappa shape index (κ3) is 3.16. The first-order valence-corrected chi connectivity index (χ1v) is 10.00. The Morgan fingerprint density at radius 1 is 0.893 bits per heavy atom. The zero-order chi connectivity index (χ0) is 19.0. The van der Waals surface area contributed by atoms with Gasteiger partial charge in [-0.3, -0.25) is 0 Å². The molecule has 2 aliphatic rings. The lowest BCUT2D eigenvalue weighted by atomic mass is 9.95. The largest absolute Gasteiger partial charge is 0.344 e. The topological polar surface area (TPSA) is 27.7 Å². The minimum Gasteiger partial charge on any atom is -0.344 e. The van der Waals surface area contributed by atoms with Crippen LogP contribution < -0.4 is 0 Å². The smallest absolute Gasteiger partial charge is 0.201 e. The Morgan fingerprint density at radius 2 is 1.64 bits per heavy atom. The quantitative estimate of drug-likeness (QED) is 0.517. The van der Waals surface area contributed by atoms with Crippen molar-refractivity contribution in [3.05, 3.63) is 78.9 Å². The minimum absolute atomic E-state index is 0.269. The molecule has 3 aromatic rings. The van der Waals surface area contributed by atoms with Crippen LogP contribution in [-0.4, -0.2) is 18.5 Å². The lowest BCUT2D eigenvalue weighted by Crippen LogP contribution is -2.43. The van der Waals surface area contributed by atoms with E-state index in [0.717, 1.165) is 36.8 Å². The van der Waals surface area contributed by atoms with Crippen LogP contribution in [0.15, 0.2) is 73.3 Å². The molecule has 1 aliphatic carbocycles. The van der Waals surface area contributed by atoms with Crippen LogP contribution in [0.3, 0.4) is 0 Å². The molecule has 142 valence electrons. The van der Waals surface area contributed by atoms with E-state index in [2.05, 4.69) is 73.3 Å². The summed E-state index contributed by atoms with van der Waals surface area (Å²) in [7, 11) is 0. The number of rotatable bonds is 3. The highest BCUT2D eigenvalue weighted by atomic mass is 17.2. The summed E-state index contributed by atoms with van der Waals surface area (Å²) in [6, 6.07) is 23.4. The molecule has 0 amide bonds. The van der Waals surface area contributed by atoms with E-state index in [0.29, 0.717) is 6.61 Å². The van der Waals surface area contributed by atoms with Crippen molar-refractivity contribution in [3.63, 3.8) is 0 Å². The molecule has 0 bridgehead atoms. The maximum atomic E-state index is 6.01. The van der Waals surface area contributed by atoms with E-state index in [1.54, 1.807) is 0 Å². The first-order chi connectivity index (χ1) is 13.7. The van der Waals surface area contributed by atoms with E-state index in [9.17, 15) is 0 Å². The third-order valence-corrected chi connectivity index (χ3v) is 5.92. The van der Waals surface area contributed by atoms with Crippen LogP contribution in [-0.2, 0) is 14.5 Å². The van der Waals surface area contributed by atoms with Crippen molar-refractivity contribution < 1.29 is 14.5 Å². The second-order valence-electron chi connectivity index (χ2n) is 7.73. The van der Waals surface area contributed by atoms with Crippen molar-refractivity contribution in [3.8, 4) is 11.1 Å². The van der Waals surface area contributed by atoms with E-state index >= 15 is 0 Å². The van der Waals surface area contributed by atoms with Crippen molar-refractivity contribution in [2.75, 3.05) is 6.61 Å². The number of fused-ring (bicyclic) bond motifs is 1. The molecule has 3 heteroatoms. The lowest BCUT2D eigenvalue weighted by molar-refractivity contribution is -0.475. The van der Waals surface area contributed by atoms with Crippen LogP contribution in [0.1, 0.15) is 31.2 Å². The molecule has 0 radical (unpaired) electrons. The number of benzene rings is 3. The monoisotopic (exact) mass is 372 g/mol. The summed E-state index contributed by atoms with van der Waals surface area (Å²) in [6.45, 7) is 4.72. The summed E-state index contributed by atoms with van der Waals surface area (Å²) < 4.78 is 6.01. The number of hydrogen-bond donors (Lipinski definition) is 0. The molecule has 5 rings (SSSR count). The Balaban J connectivity index is 1.34. The highest BCUT2D eigenvalue weighted by molar-refractivity contribution is 5.96. The molecule has 3 nitrogen and oxygen atoms in total. The van der Waals surface area contributed by atoms with Crippen LogP contribution in [0.5, 0.6) is 0 Å². The molecule has 3 aromatic carbocycles. The van der Waals surface area contributed by atoms with Gasteiger partial charge in [-0.05, 0) is 45.9 Å². The molecule has 1 aliphatic heterocycles. The van der Waals surface area contributed by atoms with Crippen LogP contribution in [0.4, 0.5) is 0 Å². The lowest BCUT2D eigenvalue weighted by Gasteiger charge is -2.36. The average Bonchev–Trinajstić information content (AvgIpc) is 3.21. The molecular formula is C25H24O3. The van der Waals surface area contributed by atoms with Gasteiger partial charge in [0, 0.05) is 12.8 Å². The van der Waals surface area contributed by atoms with Crippen molar-refractivity contribution in [1.29, 1.82) is 0 Å². The summed E-state index contributed by atoms with van der Waals surface area (Å²) in [4.78, 5) is 11.3. The Hall–Kier alpha value is -2.46. The van der Waals surface area contributed by atoms with E-state index < -0.39 is 5.79 Å². The molecule has 0 aromatic heterocycles.